The van der Waals surface area contributed by atoms with Gasteiger partial charge in [-0.15, -0.1) is 0 Å². The predicted octanol–water partition coefficient (Wildman–Crippen LogP) is 4.94. The predicted molar refractivity (Wildman–Crippen MR) is 82.4 cm³/mol. The lowest BCUT2D eigenvalue weighted by Gasteiger charge is -2.06. The number of benzene rings is 1. The summed E-state index contributed by atoms with van der Waals surface area (Å²) in [6.45, 7) is 4.34. The molecular weight excluding hydrogens is 234 g/mol. The van der Waals surface area contributed by atoms with E-state index in [4.69, 9.17) is 0 Å². The highest BCUT2D eigenvalue weighted by atomic mass is 16.1. The molecule has 2 heteroatoms. The molecule has 1 rings (SSSR count). The summed E-state index contributed by atoms with van der Waals surface area (Å²) in [5.41, 5.74) is 2.19. The minimum atomic E-state index is 0.142. The fraction of sp³-hybridized carbons (Fsp3) is 0.588. The van der Waals surface area contributed by atoms with Gasteiger partial charge in [-0.2, -0.15) is 0 Å². The smallest absolute Gasteiger partial charge is 0.224 e. The molecule has 0 saturated heterocycles. The zero-order chi connectivity index (χ0) is 13.9. The standard InChI is InChI=1S/C17H27NO/c1-3-5-6-7-8-9-13-17(19)18-16-12-10-11-15(4-2)14-16/h10-12,14H,3-9,13H2,1-2H3,(H,18,19). The molecule has 1 N–H and O–H groups in total. The fourth-order valence-corrected chi connectivity index (χ4v) is 2.16. The van der Waals surface area contributed by atoms with Crippen LogP contribution in [0, 0.1) is 0 Å². The van der Waals surface area contributed by atoms with E-state index in [1.54, 1.807) is 0 Å². The molecule has 1 amide bonds. The summed E-state index contributed by atoms with van der Waals surface area (Å²) in [5, 5.41) is 2.98. The summed E-state index contributed by atoms with van der Waals surface area (Å²) in [7, 11) is 0. The minimum Gasteiger partial charge on any atom is -0.326 e. The first-order valence-electron chi connectivity index (χ1n) is 7.65. The van der Waals surface area contributed by atoms with Gasteiger partial charge in [-0.05, 0) is 30.5 Å². The number of aryl methyl sites for hydroxylation is 1. The van der Waals surface area contributed by atoms with Gasteiger partial charge in [0.25, 0.3) is 0 Å². The van der Waals surface area contributed by atoms with Crippen molar-refractivity contribution in [1.29, 1.82) is 0 Å². The van der Waals surface area contributed by atoms with Crippen molar-refractivity contribution in [1.82, 2.24) is 0 Å². The van der Waals surface area contributed by atoms with Crippen LogP contribution in [-0.2, 0) is 11.2 Å². The molecule has 1 aromatic rings. The zero-order valence-corrected chi connectivity index (χ0v) is 12.4. The van der Waals surface area contributed by atoms with Crippen LogP contribution < -0.4 is 5.32 Å². The van der Waals surface area contributed by atoms with Crippen LogP contribution in [0.15, 0.2) is 24.3 Å². The number of carbonyl (C=O) groups is 1. The van der Waals surface area contributed by atoms with Crippen molar-refractivity contribution in [3.8, 4) is 0 Å². The van der Waals surface area contributed by atoms with Crippen molar-refractivity contribution >= 4 is 11.6 Å². The van der Waals surface area contributed by atoms with Crippen LogP contribution in [-0.4, -0.2) is 5.91 Å². The molecule has 0 atom stereocenters. The van der Waals surface area contributed by atoms with Crippen molar-refractivity contribution in [3.05, 3.63) is 29.8 Å². The lowest BCUT2D eigenvalue weighted by atomic mass is 10.1. The maximum absolute atomic E-state index is 11.8. The molecule has 0 radical (unpaired) electrons. The molecule has 0 unspecified atom stereocenters. The fourth-order valence-electron chi connectivity index (χ4n) is 2.16. The molecule has 0 aliphatic heterocycles. The third-order valence-corrected chi connectivity index (χ3v) is 3.38. The van der Waals surface area contributed by atoms with Gasteiger partial charge in [-0.3, -0.25) is 4.79 Å². The number of anilines is 1. The van der Waals surface area contributed by atoms with Crippen LogP contribution in [0.1, 0.15) is 64.4 Å². The number of rotatable bonds is 9. The first-order chi connectivity index (χ1) is 9.26. The summed E-state index contributed by atoms with van der Waals surface area (Å²) >= 11 is 0. The largest absolute Gasteiger partial charge is 0.326 e. The van der Waals surface area contributed by atoms with Crippen LogP contribution in [0.3, 0.4) is 0 Å². The van der Waals surface area contributed by atoms with E-state index in [0.29, 0.717) is 6.42 Å². The molecule has 19 heavy (non-hydrogen) atoms. The Morgan fingerprint density at radius 1 is 1.05 bits per heavy atom. The van der Waals surface area contributed by atoms with E-state index in [0.717, 1.165) is 18.5 Å². The average Bonchev–Trinajstić information content (AvgIpc) is 2.43. The van der Waals surface area contributed by atoms with Crippen LogP contribution in [0.25, 0.3) is 0 Å². The maximum atomic E-state index is 11.8. The van der Waals surface area contributed by atoms with Gasteiger partial charge >= 0.3 is 0 Å². The summed E-state index contributed by atoms with van der Waals surface area (Å²) in [6, 6.07) is 8.10. The van der Waals surface area contributed by atoms with Crippen molar-refractivity contribution in [2.24, 2.45) is 0 Å². The van der Waals surface area contributed by atoms with E-state index in [2.05, 4.69) is 31.3 Å². The van der Waals surface area contributed by atoms with Gasteiger partial charge < -0.3 is 5.32 Å². The van der Waals surface area contributed by atoms with Crippen LogP contribution >= 0.6 is 0 Å². The van der Waals surface area contributed by atoms with E-state index in [1.807, 2.05) is 12.1 Å². The summed E-state index contributed by atoms with van der Waals surface area (Å²) < 4.78 is 0. The van der Waals surface area contributed by atoms with Gasteiger partial charge in [0, 0.05) is 12.1 Å². The highest BCUT2D eigenvalue weighted by molar-refractivity contribution is 5.90. The van der Waals surface area contributed by atoms with Gasteiger partial charge in [-0.25, -0.2) is 0 Å². The van der Waals surface area contributed by atoms with E-state index in [1.165, 1.54) is 37.7 Å². The molecule has 0 saturated carbocycles. The van der Waals surface area contributed by atoms with Gasteiger partial charge in [0.05, 0.1) is 0 Å². The van der Waals surface area contributed by atoms with Crippen LogP contribution in [0.4, 0.5) is 5.69 Å². The lowest BCUT2D eigenvalue weighted by molar-refractivity contribution is -0.116. The van der Waals surface area contributed by atoms with Crippen LogP contribution in [0.5, 0.6) is 0 Å². The SMILES string of the molecule is CCCCCCCCC(=O)Nc1cccc(CC)c1. The Morgan fingerprint density at radius 2 is 1.79 bits per heavy atom. The Labute approximate surface area is 117 Å². The Balaban J connectivity index is 2.19. The van der Waals surface area contributed by atoms with Crippen LogP contribution in [0.2, 0.25) is 0 Å². The van der Waals surface area contributed by atoms with Gasteiger partial charge in [0.2, 0.25) is 5.91 Å². The van der Waals surface area contributed by atoms with E-state index < -0.39 is 0 Å². The number of carbonyl (C=O) groups excluding carboxylic acids is 1. The molecular formula is C17H27NO. The van der Waals surface area contributed by atoms with Crippen molar-refractivity contribution in [2.45, 2.75) is 65.2 Å². The second-order valence-corrected chi connectivity index (χ2v) is 5.12. The molecule has 0 aromatic heterocycles. The Hall–Kier alpha value is -1.31. The highest BCUT2D eigenvalue weighted by Crippen LogP contribution is 2.12. The van der Waals surface area contributed by atoms with Crippen molar-refractivity contribution in [3.63, 3.8) is 0 Å². The molecule has 0 spiro atoms. The third kappa shape index (κ3) is 7.00. The summed E-state index contributed by atoms with van der Waals surface area (Å²) in [4.78, 5) is 11.8. The molecule has 0 aliphatic rings. The Kier molecular flexibility index (Phi) is 7.95. The number of amides is 1. The average molecular weight is 261 g/mol. The molecule has 0 fully saturated rings. The first kappa shape index (κ1) is 15.7. The topological polar surface area (TPSA) is 29.1 Å². The number of hydrogen-bond donors (Lipinski definition) is 1. The van der Waals surface area contributed by atoms with Crippen molar-refractivity contribution < 1.29 is 4.79 Å². The number of hydrogen-bond acceptors (Lipinski definition) is 1. The molecule has 0 aliphatic carbocycles. The van der Waals surface area contributed by atoms with E-state index in [9.17, 15) is 4.79 Å². The quantitative estimate of drug-likeness (QED) is 0.627. The second kappa shape index (κ2) is 9.60. The normalized spacial score (nSPS) is 10.4. The Morgan fingerprint density at radius 3 is 2.53 bits per heavy atom. The second-order valence-electron chi connectivity index (χ2n) is 5.12. The van der Waals surface area contributed by atoms with E-state index in [-0.39, 0.29) is 5.91 Å². The number of nitrogens with one attached hydrogen (secondary N) is 1. The van der Waals surface area contributed by atoms with Gasteiger partial charge in [0.1, 0.15) is 0 Å². The van der Waals surface area contributed by atoms with E-state index >= 15 is 0 Å². The minimum absolute atomic E-state index is 0.142. The summed E-state index contributed by atoms with van der Waals surface area (Å²) in [6.07, 6.45) is 8.96. The zero-order valence-electron chi connectivity index (χ0n) is 12.4. The molecule has 2 nitrogen and oxygen atoms in total. The van der Waals surface area contributed by atoms with Gasteiger partial charge in [0.15, 0.2) is 0 Å². The number of unbranched alkanes of at least 4 members (excludes halogenated alkanes) is 5. The molecule has 0 bridgehead atoms. The lowest BCUT2D eigenvalue weighted by Crippen LogP contribution is -2.11. The van der Waals surface area contributed by atoms with Crippen molar-refractivity contribution in [2.75, 3.05) is 5.32 Å². The van der Waals surface area contributed by atoms with Gasteiger partial charge in [-0.1, -0.05) is 58.1 Å². The molecule has 0 heterocycles. The summed E-state index contributed by atoms with van der Waals surface area (Å²) in [5.74, 6) is 0.142. The molecule has 1 aromatic carbocycles. The maximum Gasteiger partial charge on any atom is 0.224 e. The highest BCUT2D eigenvalue weighted by Gasteiger charge is 2.02. The Bertz CT molecular complexity index is 373. The third-order valence-electron chi connectivity index (χ3n) is 3.38. The first-order valence-corrected chi connectivity index (χ1v) is 7.65. The monoisotopic (exact) mass is 261 g/mol. The molecule has 106 valence electrons.